The summed E-state index contributed by atoms with van der Waals surface area (Å²) >= 11 is 0. The highest BCUT2D eigenvalue weighted by atomic mass is 15.1. The highest BCUT2D eigenvalue weighted by Crippen LogP contribution is 2.56. The molecule has 0 radical (unpaired) electrons. The minimum Gasteiger partial charge on any atom is -0.290 e. The molecule has 0 bridgehead atoms. The number of pyridine rings is 12. The van der Waals surface area contributed by atoms with Crippen LogP contribution in [-0.4, -0.2) is 77.4 Å². The molecule has 16 aromatic heterocycles. The van der Waals surface area contributed by atoms with Crippen LogP contribution in [0.5, 0.6) is 0 Å². The minimum atomic E-state index is 0.901. The third-order valence-corrected chi connectivity index (χ3v) is 32.1. The minimum absolute atomic E-state index is 0.901. The van der Waals surface area contributed by atoms with Crippen molar-refractivity contribution in [2.45, 2.75) is 51.4 Å². The first-order valence-electron chi connectivity index (χ1n) is 48.2. The van der Waals surface area contributed by atoms with Gasteiger partial charge in [0, 0.05) is 136 Å². The van der Waals surface area contributed by atoms with E-state index in [0.717, 1.165) is 200 Å². The molecule has 16 heteroatoms. The van der Waals surface area contributed by atoms with Crippen molar-refractivity contribution in [3.63, 3.8) is 0 Å². The van der Waals surface area contributed by atoms with Gasteiger partial charge in [0.2, 0.25) is 0 Å². The quantitative estimate of drug-likeness (QED) is 0.132. The summed E-state index contributed by atoms with van der Waals surface area (Å²) in [5, 5.41) is 11.2. The third kappa shape index (κ3) is 10.1. The fourth-order valence-corrected chi connectivity index (χ4v) is 26.2. The number of fused-ring (bicyclic) bond motifs is 64. The van der Waals surface area contributed by atoms with Crippen molar-refractivity contribution in [1.82, 2.24) is 77.4 Å². The van der Waals surface area contributed by atoms with Crippen LogP contribution in [0, 0.1) is 0 Å². The molecule has 8 aliphatic rings. The van der Waals surface area contributed by atoms with Gasteiger partial charge in [-0.2, -0.15) is 0 Å². The summed E-state index contributed by atoms with van der Waals surface area (Å²) in [5.74, 6) is 0. The van der Waals surface area contributed by atoms with Gasteiger partial charge in [0.05, 0.1) is 96.5 Å². The van der Waals surface area contributed by atoms with E-state index in [1.165, 1.54) is 183 Å². The first-order valence-corrected chi connectivity index (χ1v) is 48.2. The maximum absolute atomic E-state index is 5.29. The summed E-state index contributed by atoms with van der Waals surface area (Å²) in [4.78, 5) is 57.2. The SMILES string of the molecule is c1ccc2c(c1)Cc1c-2ccc2c1-c1ccc3c(nc4c5cccnc5c5ccncc5n34)c1C2.c1ccc2c(c1)Cc1c-2ccc2c1-c1ccc3c(nc4c5ccncc5c5ccncc5n34)c1C2.c1ccc2c(c1)Cc1c-2ccc2c1-c1ccc3c(nc4c5cnccc5c5ccncc5n34)c1C2.c1ccc2c(c1)Cc1c-2ccc2c1-c1ccc3c(nc4c5ncccc5c5ccncc5n34)c1C2. The summed E-state index contributed by atoms with van der Waals surface area (Å²) < 4.78 is 9.07. The Morgan fingerprint density at radius 2 is 0.450 bits per heavy atom. The van der Waals surface area contributed by atoms with Gasteiger partial charge in [-0.1, -0.05) is 176 Å². The highest BCUT2D eigenvalue weighted by Gasteiger charge is 2.38. The van der Waals surface area contributed by atoms with E-state index in [9.17, 15) is 0 Å². The number of rotatable bonds is 0. The zero-order valence-electron chi connectivity index (χ0n) is 75.1. The van der Waals surface area contributed by atoms with E-state index < -0.39 is 0 Å². The van der Waals surface area contributed by atoms with E-state index in [0.29, 0.717) is 0 Å². The molecule has 16 nitrogen and oxygen atoms in total. The van der Waals surface area contributed by atoms with Crippen molar-refractivity contribution in [2.24, 2.45) is 0 Å². The lowest BCUT2D eigenvalue weighted by Crippen LogP contribution is -1.93. The second-order valence-corrected chi connectivity index (χ2v) is 38.7. The molecule has 0 amide bonds. The molecule has 0 atom stereocenters. The Bertz CT molecular complexity index is 9460. The number of nitrogens with zero attached hydrogens (tertiary/aromatic N) is 16. The molecule has 0 fully saturated rings. The average molecular weight is 1790 g/mol. The Kier molecular flexibility index (Phi) is 14.9. The molecular formula is C124H72N16. The zero-order chi connectivity index (χ0) is 90.7. The van der Waals surface area contributed by atoms with Crippen LogP contribution in [0.2, 0.25) is 0 Å². The fraction of sp³-hybridized carbons (Fsp3) is 0.0645. The van der Waals surface area contributed by atoms with Gasteiger partial charge >= 0.3 is 0 Å². The molecule has 0 spiro atoms. The molecule has 0 N–H and O–H groups in total. The second-order valence-electron chi connectivity index (χ2n) is 38.7. The summed E-state index contributed by atoms with van der Waals surface area (Å²) in [5.41, 5.74) is 63.5. The summed E-state index contributed by atoms with van der Waals surface area (Å²) in [6, 6.07) is 92.9. The lowest BCUT2D eigenvalue weighted by molar-refractivity contribution is 1.24. The number of hydrogen-bond acceptors (Lipinski definition) is 12. The van der Waals surface area contributed by atoms with Gasteiger partial charge in [-0.25, -0.2) is 19.9 Å². The third-order valence-electron chi connectivity index (χ3n) is 32.1. The van der Waals surface area contributed by atoms with Gasteiger partial charge in [0.25, 0.3) is 0 Å². The van der Waals surface area contributed by atoms with Crippen LogP contribution in [0.3, 0.4) is 0 Å². The second kappa shape index (κ2) is 27.7. The summed E-state index contributed by atoms with van der Waals surface area (Å²) in [6.45, 7) is 0. The van der Waals surface area contributed by atoms with E-state index in [-0.39, 0.29) is 0 Å². The standard InChI is InChI=1S/4C31H18N4/c1-2-5-19-17(4-1)14-24-20(19)8-7-18-15-25-22(28(18)24)9-10-26-29(25)34-31-30-23(6-3-12-33-30)21-11-13-32-16-27(21)35(26)31;1-2-5-19-17(4-1)14-24-20(19)8-7-18-15-25-21(28(18)24)9-10-26-30(25)34-31-23-6-3-12-33-29(23)22-11-13-32-16-27(22)35(26)31;1-2-4-19-17(3-1)13-24-20(19)6-5-18-14-25-23(29(18)24)7-8-27-30(25)34-31-26-15-32-11-9-21(26)22-10-12-33-16-28(22)35(27)31;1-2-4-19-17(3-1)13-24-20(19)6-5-18-14-25-22(29(18)24)7-8-27-30(25)34-31-23-10-12-32-15-26(23)21-9-11-33-16-28(21)35(27)31/h2*1-13,16H,14-15H2;2*1-12,15-16H,13-14H2. The number of hydrogen-bond donors (Lipinski definition) is 0. The Labute approximate surface area is 796 Å². The maximum Gasteiger partial charge on any atom is 0.165 e. The van der Waals surface area contributed by atoms with Crippen LogP contribution in [0.1, 0.15) is 89.0 Å². The van der Waals surface area contributed by atoms with Crippen molar-refractivity contribution < 1.29 is 0 Å². The van der Waals surface area contributed by atoms with E-state index in [2.05, 4.69) is 290 Å². The molecule has 0 saturated carbocycles. The zero-order valence-corrected chi connectivity index (χ0v) is 75.1. The van der Waals surface area contributed by atoms with Gasteiger partial charge in [-0.15, -0.1) is 0 Å². The Morgan fingerprint density at radius 1 is 0.157 bits per heavy atom. The molecular weight excluding hydrogens is 1710 g/mol. The van der Waals surface area contributed by atoms with Crippen molar-refractivity contribution in [3.05, 3.63) is 431 Å². The molecule has 36 rings (SSSR count). The predicted octanol–water partition coefficient (Wildman–Crippen LogP) is 26.9. The first-order chi connectivity index (χ1) is 69.5. The van der Waals surface area contributed by atoms with Gasteiger partial charge in [0.1, 0.15) is 22.5 Å². The normalized spacial score (nSPS) is 13.5. The molecule has 0 saturated heterocycles. The van der Waals surface area contributed by atoms with Crippen LogP contribution in [0.15, 0.2) is 342 Å². The van der Waals surface area contributed by atoms with Crippen molar-refractivity contribution >= 4 is 154 Å². The average Bonchev–Trinajstić information content (AvgIpc) is 1.55. The monoisotopic (exact) mass is 1780 g/mol. The lowest BCUT2D eigenvalue weighted by atomic mass is 9.95. The first kappa shape index (κ1) is 75.1. The van der Waals surface area contributed by atoms with E-state index in [1.807, 2.05) is 98.9 Å². The number of imidazole rings is 4. The van der Waals surface area contributed by atoms with Crippen molar-refractivity contribution in [2.75, 3.05) is 0 Å². The number of benzene rings is 12. The molecule has 12 aromatic carbocycles. The maximum atomic E-state index is 5.29. The van der Waals surface area contributed by atoms with Crippen LogP contribution >= 0.6 is 0 Å². The molecule has 140 heavy (non-hydrogen) atoms. The predicted molar refractivity (Wildman–Crippen MR) is 559 cm³/mol. The Balaban J connectivity index is 0.0000000829. The molecule has 8 aliphatic carbocycles. The van der Waals surface area contributed by atoms with Crippen molar-refractivity contribution in [3.8, 4) is 89.0 Å². The van der Waals surface area contributed by atoms with Gasteiger partial charge in [-0.3, -0.25) is 57.5 Å². The van der Waals surface area contributed by atoms with Crippen LogP contribution in [0.25, 0.3) is 243 Å². The molecule has 648 valence electrons. The number of aromatic nitrogens is 16. The summed E-state index contributed by atoms with van der Waals surface area (Å²) in [7, 11) is 0. The highest BCUT2D eigenvalue weighted by molar-refractivity contribution is 6.19. The van der Waals surface area contributed by atoms with Crippen LogP contribution in [0.4, 0.5) is 0 Å². The smallest absolute Gasteiger partial charge is 0.165 e. The van der Waals surface area contributed by atoms with E-state index in [1.54, 1.807) is 0 Å². The molecule has 0 unspecified atom stereocenters. The molecule has 16 heterocycles. The van der Waals surface area contributed by atoms with Crippen LogP contribution in [-0.2, 0) is 51.4 Å². The van der Waals surface area contributed by atoms with Crippen LogP contribution < -0.4 is 0 Å². The van der Waals surface area contributed by atoms with Crippen molar-refractivity contribution in [1.29, 1.82) is 0 Å². The van der Waals surface area contributed by atoms with Gasteiger partial charge < -0.3 is 0 Å². The Morgan fingerprint density at radius 3 is 0.864 bits per heavy atom. The largest absolute Gasteiger partial charge is 0.290 e. The van der Waals surface area contributed by atoms with E-state index >= 15 is 0 Å². The van der Waals surface area contributed by atoms with Gasteiger partial charge in [-0.05, 0) is 288 Å². The van der Waals surface area contributed by atoms with Gasteiger partial charge in [0.15, 0.2) is 5.65 Å². The van der Waals surface area contributed by atoms with E-state index in [4.69, 9.17) is 29.9 Å². The summed E-state index contributed by atoms with van der Waals surface area (Å²) in [6.07, 6.45) is 34.2. The lowest BCUT2D eigenvalue weighted by Gasteiger charge is -2.09. The topological polar surface area (TPSA) is 172 Å². The fourth-order valence-electron chi connectivity index (χ4n) is 26.2. The Hall–Kier alpha value is -18.3. The molecule has 28 aromatic rings. The molecule has 0 aliphatic heterocycles.